The predicted octanol–water partition coefficient (Wildman–Crippen LogP) is 9.04. The number of thiazole rings is 1. The molecule has 0 saturated carbocycles. The number of ether oxygens (including phenoxy) is 1. The molecule has 1 unspecified atom stereocenters. The van der Waals surface area contributed by atoms with Crippen LogP contribution in [0.5, 0.6) is 11.5 Å². The lowest BCUT2D eigenvalue weighted by atomic mass is 9.96. The Morgan fingerprint density at radius 2 is 1.64 bits per heavy atom. The van der Waals surface area contributed by atoms with Crippen molar-refractivity contribution in [2.75, 3.05) is 12.1 Å². The zero-order valence-electron chi connectivity index (χ0n) is 22.6. The molecule has 0 bridgehead atoms. The van der Waals surface area contributed by atoms with Gasteiger partial charge in [0.15, 0.2) is 5.00 Å². The number of furan rings is 1. The van der Waals surface area contributed by atoms with Gasteiger partial charge in [-0.05, 0) is 23.8 Å². The van der Waals surface area contributed by atoms with Crippen molar-refractivity contribution in [2.45, 2.75) is 12.5 Å². The minimum absolute atomic E-state index is 0.0446. The normalized spacial score (nSPS) is 15.0. The van der Waals surface area contributed by atoms with Crippen molar-refractivity contribution >= 4 is 43.8 Å². The fourth-order valence-electron chi connectivity index (χ4n) is 5.18. The molecule has 1 N–H and O–H groups in total. The molecule has 0 fully saturated rings. The fraction of sp³-hybridized carbons (Fsp3) is 0.0909. The number of fused-ring (bicyclic) bond motifs is 1. The van der Waals surface area contributed by atoms with E-state index in [2.05, 4.69) is 22.4 Å². The monoisotopic (exact) mass is 571 g/mol. The van der Waals surface area contributed by atoms with Crippen molar-refractivity contribution in [3.63, 3.8) is 0 Å². The van der Waals surface area contributed by atoms with Gasteiger partial charge in [0.2, 0.25) is 5.13 Å². The molecule has 8 nitrogen and oxygen atoms in total. The average Bonchev–Trinajstić information content (AvgIpc) is 3.79. The minimum atomic E-state index is -0.168. The van der Waals surface area contributed by atoms with Gasteiger partial charge in [0.25, 0.3) is 0 Å². The van der Waals surface area contributed by atoms with Gasteiger partial charge in [-0.2, -0.15) is 5.10 Å². The van der Waals surface area contributed by atoms with Gasteiger partial charge in [-0.25, -0.2) is 9.99 Å². The van der Waals surface area contributed by atoms with Crippen LogP contribution in [0.25, 0.3) is 22.2 Å². The number of aromatic nitrogens is 1. The number of phenols is 1. The lowest BCUT2D eigenvalue weighted by Gasteiger charge is -2.21. The van der Waals surface area contributed by atoms with Gasteiger partial charge < -0.3 is 14.3 Å². The van der Waals surface area contributed by atoms with Gasteiger partial charge in [-0.15, -0.1) is 10.2 Å². The highest BCUT2D eigenvalue weighted by Crippen LogP contribution is 2.47. The number of rotatable bonds is 7. The average molecular weight is 572 g/mol. The highest BCUT2D eigenvalue weighted by molar-refractivity contribution is 7.19. The number of hydrogen-bond acceptors (Lipinski definition) is 9. The van der Waals surface area contributed by atoms with Gasteiger partial charge >= 0.3 is 0 Å². The van der Waals surface area contributed by atoms with Crippen molar-refractivity contribution < 1.29 is 14.3 Å². The summed E-state index contributed by atoms with van der Waals surface area (Å²) in [5.41, 5.74) is 5.26. The van der Waals surface area contributed by atoms with Gasteiger partial charge in [-0.3, -0.25) is 0 Å². The maximum Gasteiger partial charge on any atom is 0.209 e. The van der Waals surface area contributed by atoms with Crippen molar-refractivity contribution in [3.05, 3.63) is 121 Å². The maximum atomic E-state index is 11.1. The molecule has 0 aliphatic carbocycles. The van der Waals surface area contributed by atoms with Gasteiger partial charge in [0.1, 0.15) is 22.8 Å². The molecule has 42 heavy (non-hydrogen) atoms. The first-order chi connectivity index (χ1) is 20.7. The third kappa shape index (κ3) is 4.69. The first-order valence-electron chi connectivity index (χ1n) is 13.4. The molecule has 4 aromatic carbocycles. The highest BCUT2D eigenvalue weighted by atomic mass is 32.1. The lowest BCUT2D eigenvalue weighted by molar-refractivity contribution is 0.411. The first-order valence-corrected chi connectivity index (χ1v) is 14.2. The molecule has 1 aliphatic rings. The summed E-state index contributed by atoms with van der Waals surface area (Å²) in [4.78, 5) is 5.06. The van der Waals surface area contributed by atoms with Crippen LogP contribution in [0.3, 0.4) is 0 Å². The summed E-state index contributed by atoms with van der Waals surface area (Å²) in [5.74, 6) is 0.566. The molecule has 206 valence electrons. The molecule has 2 aromatic heterocycles. The van der Waals surface area contributed by atoms with Gasteiger partial charge in [-0.1, -0.05) is 90.2 Å². The van der Waals surface area contributed by atoms with E-state index in [0.717, 1.165) is 27.9 Å². The largest absolute Gasteiger partial charge is 0.507 e. The Morgan fingerprint density at radius 1 is 0.929 bits per heavy atom. The minimum Gasteiger partial charge on any atom is -0.507 e. The summed E-state index contributed by atoms with van der Waals surface area (Å²) in [6.45, 7) is 0. The van der Waals surface area contributed by atoms with Crippen molar-refractivity contribution in [2.24, 2.45) is 15.3 Å². The van der Waals surface area contributed by atoms with Crippen LogP contribution >= 0.6 is 11.3 Å². The number of hydrogen-bond donors (Lipinski definition) is 1. The van der Waals surface area contributed by atoms with E-state index >= 15 is 0 Å². The summed E-state index contributed by atoms with van der Waals surface area (Å²) in [6.07, 6.45) is 2.11. The standard InChI is InChI=1S/C33H25N5O3S/c1-40-31-24-17-18-41-28(24)20-27(39)29(31)25-19-26(21-11-5-2-6-12-21)38(37-25)33-34-30(22-13-7-3-8-14-22)32(42-33)36-35-23-15-9-4-10-16-23/h2-18,20,26,39H,19H2,1H3. The topological polar surface area (TPSA) is 95.8 Å². The summed E-state index contributed by atoms with van der Waals surface area (Å²) >= 11 is 1.42. The first kappa shape index (κ1) is 25.7. The third-order valence-corrected chi connectivity index (χ3v) is 8.06. The molecule has 3 heterocycles. The van der Waals surface area contributed by atoms with Crippen molar-refractivity contribution in [3.8, 4) is 22.8 Å². The fourth-order valence-corrected chi connectivity index (χ4v) is 6.09. The number of benzene rings is 4. The van der Waals surface area contributed by atoms with Crippen LogP contribution in [0.1, 0.15) is 23.6 Å². The Hall–Kier alpha value is -5.28. The smallest absolute Gasteiger partial charge is 0.209 e. The van der Waals surface area contributed by atoms with E-state index in [1.54, 1.807) is 19.4 Å². The molecule has 0 spiro atoms. The second kappa shape index (κ2) is 10.9. The van der Waals surface area contributed by atoms with Crippen LogP contribution < -0.4 is 9.75 Å². The lowest BCUT2D eigenvalue weighted by Crippen LogP contribution is -2.18. The molecule has 1 aliphatic heterocycles. The van der Waals surface area contributed by atoms with E-state index in [1.807, 2.05) is 89.9 Å². The van der Waals surface area contributed by atoms with Crippen LogP contribution in [0.15, 0.2) is 129 Å². The second-order valence-electron chi connectivity index (χ2n) is 9.71. The SMILES string of the molecule is COc1c(C2=NN(c3nc(-c4ccccc4)c(N=Nc4ccccc4)s3)C(c3ccccc3)C2)c(O)cc2occc12. The number of nitrogens with zero attached hydrogens (tertiary/aromatic N) is 5. The Kier molecular flexibility index (Phi) is 6.69. The molecule has 1 atom stereocenters. The molecule has 6 aromatic rings. The molecular formula is C33H25N5O3S. The van der Waals surface area contributed by atoms with Gasteiger partial charge in [0.05, 0.1) is 41.8 Å². The van der Waals surface area contributed by atoms with E-state index in [9.17, 15) is 5.11 Å². The Bertz CT molecular complexity index is 1920. The number of methoxy groups -OCH3 is 1. The van der Waals surface area contributed by atoms with Gasteiger partial charge in [0, 0.05) is 18.1 Å². The van der Waals surface area contributed by atoms with Crippen LogP contribution in [0, 0.1) is 0 Å². The van der Waals surface area contributed by atoms with E-state index in [0.29, 0.717) is 39.2 Å². The number of aromatic hydroxyl groups is 1. The highest BCUT2D eigenvalue weighted by Gasteiger charge is 2.35. The molecule has 0 radical (unpaired) electrons. The summed E-state index contributed by atoms with van der Waals surface area (Å²) < 4.78 is 11.3. The Labute approximate surface area is 245 Å². The Balaban J connectivity index is 1.37. The zero-order chi connectivity index (χ0) is 28.5. The van der Waals surface area contributed by atoms with E-state index in [1.165, 1.54) is 11.3 Å². The van der Waals surface area contributed by atoms with E-state index in [4.69, 9.17) is 19.2 Å². The number of phenolic OH excluding ortho intramolecular Hbond substituents is 1. The summed E-state index contributed by atoms with van der Waals surface area (Å²) in [7, 11) is 1.59. The number of anilines is 1. The summed E-state index contributed by atoms with van der Waals surface area (Å²) in [5, 5.41) is 29.3. The van der Waals surface area contributed by atoms with Crippen LogP contribution in [0.4, 0.5) is 15.8 Å². The van der Waals surface area contributed by atoms with Crippen LogP contribution in [0.2, 0.25) is 0 Å². The quantitative estimate of drug-likeness (QED) is 0.193. The number of hydrazone groups is 1. The molecule has 7 rings (SSSR count). The van der Waals surface area contributed by atoms with Crippen molar-refractivity contribution in [1.82, 2.24) is 4.98 Å². The molecule has 9 heteroatoms. The van der Waals surface area contributed by atoms with Crippen LogP contribution in [-0.2, 0) is 0 Å². The maximum absolute atomic E-state index is 11.1. The molecular weight excluding hydrogens is 546 g/mol. The van der Waals surface area contributed by atoms with Crippen LogP contribution in [-0.4, -0.2) is 22.9 Å². The Morgan fingerprint density at radius 3 is 2.38 bits per heavy atom. The summed E-state index contributed by atoms with van der Waals surface area (Å²) in [6, 6.07) is 33.0. The molecule has 0 saturated heterocycles. The molecule has 0 amide bonds. The predicted molar refractivity (Wildman–Crippen MR) is 165 cm³/mol. The van der Waals surface area contributed by atoms with E-state index in [-0.39, 0.29) is 11.8 Å². The van der Waals surface area contributed by atoms with Crippen molar-refractivity contribution in [1.29, 1.82) is 0 Å². The zero-order valence-corrected chi connectivity index (χ0v) is 23.4. The second-order valence-corrected chi connectivity index (χ2v) is 10.7. The third-order valence-electron chi connectivity index (χ3n) is 7.13. The number of azo groups is 1. The van der Waals surface area contributed by atoms with E-state index < -0.39 is 0 Å².